The maximum absolute atomic E-state index is 10.6. The molecule has 1 heterocycles. The third-order valence-corrected chi connectivity index (χ3v) is 2.09. The minimum Gasteiger partial charge on any atom is -0.481 e. The van der Waals surface area contributed by atoms with Gasteiger partial charge in [0.15, 0.2) is 0 Å². The van der Waals surface area contributed by atoms with Crippen LogP contribution in [-0.2, 0) is 4.79 Å². The third kappa shape index (κ3) is 2.26. The van der Waals surface area contributed by atoms with Crippen LogP contribution in [0.25, 0.3) is 6.08 Å². The van der Waals surface area contributed by atoms with Crippen LogP contribution in [0.4, 0.5) is 0 Å². The average molecular weight is 202 g/mol. The molecular weight excluding hydrogens is 192 g/mol. The van der Waals surface area contributed by atoms with E-state index in [1.54, 1.807) is 6.08 Å². The lowest BCUT2D eigenvalue weighted by molar-refractivity contribution is -0.136. The van der Waals surface area contributed by atoms with Gasteiger partial charge in [0.2, 0.25) is 0 Å². The summed E-state index contributed by atoms with van der Waals surface area (Å²) in [4.78, 5) is 10.6. The zero-order valence-corrected chi connectivity index (χ0v) is 8.01. The van der Waals surface area contributed by atoms with E-state index in [0.717, 1.165) is 16.9 Å². The van der Waals surface area contributed by atoms with Gasteiger partial charge in [-0.2, -0.15) is 0 Å². The van der Waals surface area contributed by atoms with Crippen molar-refractivity contribution in [2.24, 2.45) is 0 Å². The number of fused-ring (bicyclic) bond motifs is 1. The molecule has 3 heteroatoms. The van der Waals surface area contributed by atoms with Crippen LogP contribution in [0, 0.1) is 0 Å². The fraction of sp³-hybridized carbons (Fsp3) is 0.0833. The van der Waals surface area contributed by atoms with E-state index < -0.39 is 5.97 Å². The molecule has 1 aliphatic heterocycles. The second-order valence-corrected chi connectivity index (χ2v) is 3.25. The molecular formula is C12H10O3. The number of carbonyl (C=O) groups is 1. The predicted octanol–water partition coefficient (Wildman–Crippen LogP) is 2.45. The molecule has 0 saturated heterocycles. The topological polar surface area (TPSA) is 46.5 Å². The van der Waals surface area contributed by atoms with Crippen molar-refractivity contribution in [1.82, 2.24) is 0 Å². The third-order valence-electron chi connectivity index (χ3n) is 2.09. The van der Waals surface area contributed by atoms with E-state index in [1.807, 2.05) is 30.3 Å². The van der Waals surface area contributed by atoms with E-state index in [9.17, 15) is 4.79 Å². The molecule has 0 saturated carbocycles. The Hall–Kier alpha value is -2.03. The van der Waals surface area contributed by atoms with Crippen molar-refractivity contribution in [3.8, 4) is 5.75 Å². The van der Waals surface area contributed by atoms with Crippen LogP contribution < -0.4 is 4.74 Å². The molecule has 1 aromatic carbocycles. The van der Waals surface area contributed by atoms with Gasteiger partial charge in [0, 0.05) is 5.56 Å². The first-order chi connectivity index (χ1) is 7.25. The lowest BCUT2D eigenvalue weighted by Crippen LogP contribution is -1.95. The van der Waals surface area contributed by atoms with Crippen LogP contribution >= 0.6 is 0 Å². The summed E-state index contributed by atoms with van der Waals surface area (Å²) < 4.78 is 5.33. The van der Waals surface area contributed by atoms with E-state index in [2.05, 4.69) is 0 Å². The molecule has 76 valence electrons. The molecule has 0 atom stereocenters. The molecule has 0 fully saturated rings. The van der Waals surface area contributed by atoms with Crippen molar-refractivity contribution in [1.29, 1.82) is 0 Å². The highest BCUT2D eigenvalue weighted by atomic mass is 16.5. The monoisotopic (exact) mass is 202 g/mol. The molecule has 0 bridgehead atoms. The van der Waals surface area contributed by atoms with Crippen LogP contribution in [0.1, 0.15) is 12.0 Å². The van der Waals surface area contributed by atoms with E-state index in [4.69, 9.17) is 9.84 Å². The van der Waals surface area contributed by atoms with Crippen molar-refractivity contribution in [3.63, 3.8) is 0 Å². The fourth-order valence-corrected chi connectivity index (χ4v) is 1.43. The van der Waals surface area contributed by atoms with Crippen LogP contribution in [0.2, 0.25) is 0 Å². The molecule has 1 aromatic rings. The SMILES string of the molecule is O=C(O)CC1=Cc2ccccc2OC=C1. The van der Waals surface area contributed by atoms with Gasteiger partial charge in [-0.05, 0) is 23.8 Å². The predicted molar refractivity (Wildman–Crippen MR) is 56.4 cm³/mol. The minimum atomic E-state index is -0.842. The van der Waals surface area contributed by atoms with Crippen molar-refractivity contribution in [2.75, 3.05) is 0 Å². The molecule has 1 aliphatic rings. The number of para-hydroxylation sites is 1. The summed E-state index contributed by atoms with van der Waals surface area (Å²) in [5.41, 5.74) is 1.63. The first-order valence-corrected chi connectivity index (χ1v) is 4.60. The average Bonchev–Trinajstić information content (AvgIpc) is 2.38. The number of ether oxygens (including phenoxy) is 1. The molecule has 0 radical (unpaired) electrons. The zero-order valence-electron chi connectivity index (χ0n) is 8.01. The summed E-state index contributed by atoms with van der Waals surface area (Å²) in [6.45, 7) is 0. The van der Waals surface area contributed by atoms with Crippen molar-refractivity contribution in [3.05, 3.63) is 47.7 Å². The Morgan fingerprint density at radius 3 is 2.93 bits per heavy atom. The molecule has 0 aliphatic carbocycles. The maximum atomic E-state index is 10.6. The molecule has 2 rings (SSSR count). The number of benzene rings is 1. The zero-order chi connectivity index (χ0) is 10.7. The van der Waals surface area contributed by atoms with Gasteiger partial charge >= 0.3 is 5.97 Å². The molecule has 0 unspecified atom stereocenters. The van der Waals surface area contributed by atoms with Crippen LogP contribution in [0.15, 0.2) is 42.2 Å². The summed E-state index contributed by atoms with van der Waals surface area (Å²) in [5.74, 6) is -0.0978. The van der Waals surface area contributed by atoms with Crippen LogP contribution in [-0.4, -0.2) is 11.1 Å². The van der Waals surface area contributed by atoms with E-state index >= 15 is 0 Å². The number of carboxylic acids is 1. The standard InChI is InChI=1S/C12H10O3/c13-12(14)8-9-5-6-15-11-4-2-1-3-10(11)7-9/h1-7H,8H2,(H,13,14). The molecule has 0 amide bonds. The molecule has 3 nitrogen and oxygen atoms in total. The Bertz CT molecular complexity index is 444. The van der Waals surface area contributed by atoms with Gasteiger partial charge in [0.05, 0.1) is 12.7 Å². The quantitative estimate of drug-likeness (QED) is 0.801. The molecule has 0 spiro atoms. The second-order valence-electron chi connectivity index (χ2n) is 3.25. The number of allylic oxidation sites excluding steroid dienone is 1. The summed E-state index contributed by atoms with van der Waals surface area (Å²) in [5, 5.41) is 8.69. The largest absolute Gasteiger partial charge is 0.481 e. The highest BCUT2D eigenvalue weighted by Gasteiger charge is 2.07. The highest BCUT2D eigenvalue weighted by molar-refractivity contribution is 5.75. The summed E-state index contributed by atoms with van der Waals surface area (Å²) >= 11 is 0. The number of carboxylic acid groups (broad SMARTS) is 1. The van der Waals surface area contributed by atoms with E-state index in [0.29, 0.717) is 0 Å². The van der Waals surface area contributed by atoms with Gasteiger partial charge in [-0.25, -0.2) is 0 Å². The number of hydrogen-bond donors (Lipinski definition) is 1. The van der Waals surface area contributed by atoms with E-state index in [-0.39, 0.29) is 6.42 Å². The fourth-order valence-electron chi connectivity index (χ4n) is 1.43. The molecule has 15 heavy (non-hydrogen) atoms. The Morgan fingerprint density at radius 1 is 1.33 bits per heavy atom. The Morgan fingerprint density at radius 2 is 2.13 bits per heavy atom. The Kier molecular flexibility index (Phi) is 2.54. The van der Waals surface area contributed by atoms with Gasteiger partial charge in [0.25, 0.3) is 0 Å². The summed E-state index contributed by atoms with van der Waals surface area (Å²) in [6.07, 6.45) is 5.02. The van der Waals surface area contributed by atoms with Crippen LogP contribution in [0.3, 0.4) is 0 Å². The van der Waals surface area contributed by atoms with Gasteiger partial charge in [-0.15, -0.1) is 0 Å². The maximum Gasteiger partial charge on any atom is 0.307 e. The lowest BCUT2D eigenvalue weighted by Gasteiger charge is -2.01. The van der Waals surface area contributed by atoms with E-state index in [1.165, 1.54) is 6.26 Å². The number of aliphatic carboxylic acids is 1. The molecule has 1 N–H and O–H groups in total. The highest BCUT2D eigenvalue weighted by Crippen LogP contribution is 2.25. The molecule has 0 aromatic heterocycles. The van der Waals surface area contributed by atoms with Crippen molar-refractivity contribution >= 4 is 12.0 Å². The normalized spacial score (nSPS) is 13.5. The Labute approximate surface area is 87.3 Å². The first-order valence-electron chi connectivity index (χ1n) is 4.60. The lowest BCUT2D eigenvalue weighted by atomic mass is 10.1. The van der Waals surface area contributed by atoms with Gasteiger partial charge < -0.3 is 9.84 Å². The minimum absolute atomic E-state index is 0.00813. The number of hydrogen-bond acceptors (Lipinski definition) is 2. The first kappa shape index (κ1) is 9.52. The summed E-state index contributed by atoms with van der Waals surface area (Å²) in [6, 6.07) is 7.51. The van der Waals surface area contributed by atoms with Crippen molar-refractivity contribution in [2.45, 2.75) is 6.42 Å². The van der Waals surface area contributed by atoms with Crippen LogP contribution in [0.5, 0.6) is 5.75 Å². The number of rotatable bonds is 2. The van der Waals surface area contributed by atoms with Crippen molar-refractivity contribution < 1.29 is 14.6 Å². The Balaban J connectivity index is 2.35. The summed E-state index contributed by atoms with van der Waals surface area (Å²) in [7, 11) is 0. The van der Waals surface area contributed by atoms with Gasteiger partial charge in [-0.3, -0.25) is 4.79 Å². The van der Waals surface area contributed by atoms with Gasteiger partial charge in [-0.1, -0.05) is 18.2 Å². The van der Waals surface area contributed by atoms with Gasteiger partial charge in [0.1, 0.15) is 5.75 Å². The smallest absolute Gasteiger partial charge is 0.307 e. The second kappa shape index (κ2) is 4.00.